The number of carbonyl (C=O) groups excluding carboxylic acids is 1. The standard InChI is InChI=1S/C29H25F2N3O4S/c1-38-24-12-7-18(16-32-24)22-11-8-20(30)15-23(22)26-27(31)39-29(33-26)34(21-9-10-21)28(37)19(14-25(35)36)13-17-5-3-2-4-6-17/h2-8,11-12,15-16,19,21H,9-10,13-14H2,1H3,(H,35,36)/t19-/m1/s1. The average molecular weight is 550 g/mol. The summed E-state index contributed by atoms with van der Waals surface area (Å²) in [5, 5.41) is 8.97. The molecule has 10 heteroatoms. The molecule has 0 spiro atoms. The van der Waals surface area contributed by atoms with Crippen molar-refractivity contribution in [2.24, 2.45) is 5.92 Å². The number of carboxylic acids is 1. The number of amides is 1. The Balaban J connectivity index is 1.51. The molecule has 1 N–H and O–H groups in total. The molecule has 5 rings (SSSR count). The minimum atomic E-state index is -1.09. The first kappa shape index (κ1) is 26.4. The number of aromatic nitrogens is 2. The van der Waals surface area contributed by atoms with Crippen LogP contribution in [0.25, 0.3) is 22.4 Å². The molecule has 2 aromatic carbocycles. The highest BCUT2D eigenvalue weighted by Gasteiger charge is 2.40. The number of carboxylic acid groups (broad SMARTS) is 1. The van der Waals surface area contributed by atoms with Crippen LogP contribution >= 0.6 is 11.3 Å². The van der Waals surface area contributed by atoms with E-state index in [0.717, 1.165) is 5.56 Å². The van der Waals surface area contributed by atoms with Crippen LogP contribution in [0.1, 0.15) is 24.8 Å². The summed E-state index contributed by atoms with van der Waals surface area (Å²) in [6, 6.07) is 16.4. The zero-order chi connectivity index (χ0) is 27.5. The Labute approximate surface area is 227 Å². The number of rotatable bonds is 10. The van der Waals surface area contributed by atoms with Crippen molar-refractivity contribution in [1.29, 1.82) is 0 Å². The molecule has 1 fully saturated rings. The van der Waals surface area contributed by atoms with E-state index < -0.39 is 28.7 Å². The Hall–Kier alpha value is -4.18. The van der Waals surface area contributed by atoms with E-state index in [9.17, 15) is 19.1 Å². The fourth-order valence-corrected chi connectivity index (χ4v) is 5.39. The predicted molar refractivity (Wildman–Crippen MR) is 144 cm³/mol. The van der Waals surface area contributed by atoms with Crippen molar-refractivity contribution >= 4 is 28.3 Å². The van der Waals surface area contributed by atoms with Gasteiger partial charge in [-0.25, -0.2) is 14.4 Å². The third-order valence-electron chi connectivity index (χ3n) is 6.52. The van der Waals surface area contributed by atoms with E-state index >= 15 is 4.39 Å². The Morgan fingerprint density at radius 2 is 1.87 bits per heavy atom. The van der Waals surface area contributed by atoms with Gasteiger partial charge in [0.1, 0.15) is 11.5 Å². The zero-order valence-corrected chi connectivity index (χ0v) is 21.8. The van der Waals surface area contributed by atoms with Crippen molar-refractivity contribution in [3.63, 3.8) is 0 Å². The Morgan fingerprint density at radius 1 is 1.10 bits per heavy atom. The molecule has 7 nitrogen and oxygen atoms in total. The summed E-state index contributed by atoms with van der Waals surface area (Å²) < 4.78 is 34.9. The maximum Gasteiger partial charge on any atom is 0.304 e. The molecule has 39 heavy (non-hydrogen) atoms. The maximum absolute atomic E-state index is 15.5. The molecule has 0 unspecified atom stereocenters. The van der Waals surface area contributed by atoms with Crippen LogP contribution in [0, 0.1) is 16.9 Å². The molecule has 1 atom stereocenters. The first-order valence-corrected chi connectivity index (χ1v) is 13.2. The number of ether oxygens (including phenoxy) is 1. The quantitative estimate of drug-likeness (QED) is 0.261. The molecule has 0 bridgehead atoms. The summed E-state index contributed by atoms with van der Waals surface area (Å²) in [6.45, 7) is 0. The normalized spacial score (nSPS) is 13.6. The van der Waals surface area contributed by atoms with Gasteiger partial charge < -0.3 is 9.84 Å². The van der Waals surface area contributed by atoms with Crippen LogP contribution in [-0.2, 0) is 16.0 Å². The average Bonchev–Trinajstić information content (AvgIpc) is 3.69. The topological polar surface area (TPSA) is 92.6 Å². The van der Waals surface area contributed by atoms with Gasteiger partial charge in [0.15, 0.2) is 5.13 Å². The van der Waals surface area contributed by atoms with Crippen LogP contribution in [0.15, 0.2) is 66.9 Å². The van der Waals surface area contributed by atoms with E-state index in [0.29, 0.717) is 41.2 Å². The van der Waals surface area contributed by atoms with E-state index in [1.54, 1.807) is 18.3 Å². The Kier molecular flexibility index (Phi) is 7.65. The van der Waals surface area contributed by atoms with E-state index in [4.69, 9.17) is 4.74 Å². The summed E-state index contributed by atoms with van der Waals surface area (Å²) >= 11 is 0.694. The second-order valence-corrected chi connectivity index (χ2v) is 10.2. The van der Waals surface area contributed by atoms with Gasteiger partial charge >= 0.3 is 5.97 Å². The van der Waals surface area contributed by atoms with Crippen molar-refractivity contribution in [3.8, 4) is 28.3 Å². The number of hydrogen-bond acceptors (Lipinski definition) is 6. The van der Waals surface area contributed by atoms with Crippen LogP contribution < -0.4 is 9.64 Å². The second-order valence-electron chi connectivity index (χ2n) is 9.32. The molecule has 0 aliphatic heterocycles. The summed E-state index contributed by atoms with van der Waals surface area (Å²) in [5.41, 5.74) is 2.09. The van der Waals surface area contributed by atoms with E-state index in [1.165, 1.54) is 30.2 Å². The number of carbonyl (C=O) groups is 2. The lowest BCUT2D eigenvalue weighted by Crippen LogP contribution is -2.39. The fourth-order valence-electron chi connectivity index (χ4n) is 4.50. The Bertz CT molecular complexity index is 1490. The molecule has 200 valence electrons. The smallest absolute Gasteiger partial charge is 0.304 e. The number of hydrogen-bond donors (Lipinski definition) is 1. The second kappa shape index (κ2) is 11.3. The molecule has 4 aromatic rings. The first-order valence-electron chi connectivity index (χ1n) is 12.4. The molecule has 2 heterocycles. The molecule has 0 saturated heterocycles. The first-order chi connectivity index (χ1) is 18.8. The molecular formula is C29H25F2N3O4S. The zero-order valence-electron chi connectivity index (χ0n) is 21.0. The van der Waals surface area contributed by atoms with Crippen molar-refractivity contribution in [3.05, 3.63) is 83.4 Å². The van der Waals surface area contributed by atoms with E-state index in [2.05, 4.69) is 9.97 Å². The van der Waals surface area contributed by atoms with Crippen molar-refractivity contribution < 1.29 is 28.2 Å². The van der Waals surface area contributed by atoms with Gasteiger partial charge in [0, 0.05) is 29.4 Å². The van der Waals surface area contributed by atoms with Gasteiger partial charge in [-0.2, -0.15) is 4.39 Å². The van der Waals surface area contributed by atoms with Crippen LogP contribution in [0.4, 0.5) is 13.9 Å². The molecule has 1 aliphatic carbocycles. The van der Waals surface area contributed by atoms with Crippen LogP contribution in [0.5, 0.6) is 5.88 Å². The minimum Gasteiger partial charge on any atom is -0.481 e. The van der Waals surface area contributed by atoms with Gasteiger partial charge in [-0.1, -0.05) is 47.7 Å². The molecular weight excluding hydrogens is 524 g/mol. The van der Waals surface area contributed by atoms with Gasteiger partial charge in [0.05, 0.1) is 19.4 Å². The number of anilines is 1. The monoisotopic (exact) mass is 549 g/mol. The molecule has 2 aromatic heterocycles. The highest BCUT2D eigenvalue weighted by atomic mass is 32.1. The van der Waals surface area contributed by atoms with Gasteiger partial charge in [-0.3, -0.25) is 14.5 Å². The largest absolute Gasteiger partial charge is 0.481 e. The lowest BCUT2D eigenvalue weighted by atomic mass is 9.94. The minimum absolute atomic E-state index is 0.0865. The molecule has 1 saturated carbocycles. The van der Waals surface area contributed by atoms with Crippen LogP contribution in [0.3, 0.4) is 0 Å². The van der Waals surface area contributed by atoms with Crippen molar-refractivity contribution in [1.82, 2.24) is 9.97 Å². The highest BCUT2D eigenvalue weighted by Crippen LogP contribution is 2.41. The number of nitrogens with zero attached hydrogens (tertiary/aromatic N) is 3. The number of halogens is 2. The van der Waals surface area contributed by atoms with Gasteiger partial charge in [-0.05, 0) is 48.6 Å². The summed E-state index contributed by atoms with van der Waals surface area (Å²) in [7, 11) is 1.49. The highest BCUT2D eigenvalue weighted by molar-refractivity contribution is 7.14. The molecule has 1 amide bonds. The van der Waals surface area contributed by atoms with Crippen LogP contribution in [0.2, 0.25) is 0 Å². The van der Waals surface area contributed by atoms with Gasteiger partial charge in [0.25, 0.3) is 0 Å². The number of benzene rings is 2. The SMILES string of the molecule is COc1ccc(-c2ccc(F)cc2-c2nc(N(C(=O)[C@@H](CC(=O)O)Cc3ccccc3)C3CC3)sc2F)cn1. The Morgan fingerprint density at radius 3 is 2.51 bits per heavy atom. The number of methoxy groups -OCH3 is 1. The van der Waals surface area contributed by atoms with Crippen LogP contribution in [-0.4, -0.2) is 40.1 Å². The molecule has 0 radical (unpaired) electrons. The summed E-state index contributed by atoms with van der Waals surface area (Å²) in [6.07, 6.45) is 2.82. The maximum atomic E-state index is 15.5. The van der Waals surface area contributed by atoms with Gasteiger partial charge in [-0.15, -0.1) is 0 Å². The number of thiazole rings is 1. The van der Waals surface area contributed by atoms with Crippen molar-refractivity contribution in [2.45, 2.75) is 31.7 Å². The van der Waals surface area contributed by atoms with E-state index in [1.807, 2.05) is 30.3 Å². The van der Waals surface area contributed by atoms with Gasteiger partial charge in [0.2, 0.25) is 16.9 Å². The van der Waals surface area contributed by atoms with E-state index in [-0.39, 0.29) is 35.3 Å². The fraction of sp³-hybridized carbons (Fsp3) is 0.241. The third kappa shape index (κ3) is 5.96. The van der Waals surface area contributed by atoms with Crippen molar-refractivity contribution in [2.75, 3.05) is 12.0 Å². The third-order valence-corrected chi connectivity index (χ3v) is 7.36. The summed E-state index contributed by atoms with van der Waals surface area (Å²) in [4.78, 5) is 35.5. The lowest BCUT2D eigenvalue weighted by Gasteiger charge is -2.24. The summed E-state index contributed by atoms with van der Waals surface area (Å²) in [5.74, 6) is -2.53. The molecule has 1 aliphatic rings. The number of pyridine rings is 1. The lowest BCUT2D eigenvalue weighted by molar-refractivity contribution is -0.140. The number of aliphatic carboxylic acids is 1. The predicted octanol–water partition coefficient (Wildman–Crippen LogP) is 5.99.